The van der Waals surface area contributed by atoms with Crippen molar-refractivity contribution >= 4 is 11.6 Å². The first-order chi connectivity index (χ1) is 8.96. The molecule has 102 valence electrons. The summed E-state index contributed by atoms with van der Waals surface area (Å²) >= 11 is 6.19. The molecule has 1 N–H and O–H groups in total. The van der Waals surface area contributed by atoms with Crippen LogP contribution in [0.4, 0.5) is 0 Å². The van der Waals surface area contributed by atoms with E-state index in [4.69, 9.17) is 11.6 Å². The molecule has 0 aliphatic heterocycles. The third-order valence-electron chi connectivity index (χ3n) is 2.88. The molecule has 3 nitrogen and oxygen atoms in total. The minimum atomic E-state index is 0.0967. The third kappa shape index (κ3) is 4.08. The molecule has 2 rings (SSSR count). The molecule has 1 aromatic carbocycles. The first-order valence-electron chi connectivity index (χ1n) is 6.45. The van der Waals surface area contributed by atoms with Gasteiger partial charge in [0.2, 0.25) is 0 Å². The third-order valence-corrected chi connectivity index (χ3v) is 3.25. The average molecular weight is 278 g/mol. The number of nitrogens with zero attached hydrogens (tertiary/aromatic N) is 2. The second kappa shape index (κ2) is 5.76. The van der Waals surface area contributed by atoms with Crippen molar-refractivity contribution in [3.63, 3.8) is 0 Å². The van der Waals surface area contributed by atoms with Crippen molar-refractivity contribution in [2.24, 2.45) is 0 Å². The number of hydrogen-bond donors (Lipinski definition) is 1. The summed E-state index contributed by atoms with van der Waals surface area (Å²) in [6.07, 6.45) is 1.83. The summed E-state index contributed by atoms with van der Waals surface area (Å²) in [7, 11) is 0. The molecule has 0 saturated heterocycles. The summed E-state index contributed by atoms with van der Waals surface area (Å²) in [5, 5.41) is 8.63. The minimum Gasteiger partial charge on any atom is -0.306 e. The molecule has 1 heterocycles. The topological polar surface area (TPSA) is 29.9 Å². The first-order valence-corrected chi connectivity index (χ1v) is 6.82. The Labute approximate surface area is 119 Å². The Bertz CT molecular complexity index is 540. The lowest BCUT2D eigenvalue weighted by molar-refractivity contribution is 0.414. The molecular weight excluding hydrogens is 258 g/mol. The average Bonchev–Trinajstić information content (AvgIpc) is 2.76. The quantitative estimate of drug-likeness (QED) is 0.927. The molecule has 0 radical (unpaired) electrons. The predicted octanol–water partition coefficient (Wildman–Crippen LogP) is 3.47. The second-order valence-corrected chi connectivity index (χ2v) is 6.08. The Morgan fingerprint density at radius 3 is 2.63 bits per heavy atom. The van der Waals surface area contributed by atoms with Gasteiger partial charge in [0.05, 0.1) is 12.2 Å². The summed E-state index contributed by atoms with van der Waals surface area (Å²) in [6, 6.07) is 9.92. The molecule has 2 aromatic rings. The number of hydrogen-bond acceptors (Lipinski definition) is 2. The van der Waals surface area contributed by atoms with E-state index in [1.807, 2.05) is 41.2 Å². The lowest BCUT2D eigenvalue weighted by Crippen LogP contribution is -2.35. The van der Waals surface area contributed by atoms with Crippen molar-refractivity contribution in [1.82, 2.24) is 15.1 Å². The van der Waals surface area contributed by atoms with Gasteiger partial charge in [-0.15, -0.1) is 0 Å². The van der Waals surface area contributed by atoms with Gasteiger partial charge in [0.15, 0.2) is 0 Å². The van der Waals surface area contributed by atoms with Crippen molar-refractivity contribution in [1.29, 1.82) is 0 Å². The van der Waals surface area contributed by atoms with Crippen molar-refractivity contribution in [3.05, 3.63) is 52.8 Å². The maximum atomic E-state index is 6.19. The lowest BCUT2D eigenvalue weighted by atomic mass is 10.1. The summed E-state index contributed by atoms with van der Waals surface area (Å²) in [4.78, 5) is 0. The smallest absolute Gasteiger partial charge is 0.0677 e. The summed E-state index contributed by atoms with van der Waals surface area (Å²) in [5.41, 5.74) is 2.35. The van der Waals surface area contributed by atoms with Gasteiger partial charge in [0, 0.05) is 23.3 Å². The van der Waals surface area contributed by atoms with Crippen LogP contribution < -0.4 is 5.32 Å². The first kappa shape index (κ1) is 14.1. The SMILES string of the molecule is CC(C)(C)NCc1ccnn1Cc1ccccc1Cl. The summed E-state index contributed by atoms with van der Waals surface area (Å²) in [6.45, 7) is 7.97. The van der Waals surface area contributed by atoms with Crippen LogP contribution in [0.15, 0.2) is 36.5 Å². The van der Waals surface area contributed by atoms with Crippen LogP contribution in [0.5, 0.6) is 0 Å². The van der Waals surface area contributed by atoms with E-state index in [1.54, 1.807) is 0 Å². The van der Waals surface area contributed by atoms with E-state index in [-0.39, 0.29) is 5.54 Å². The molecule has 0 spiro atoms. The number of benzene rings is 1. The fourth-order valence-corrected chi connectivity index (χ4v) is 1.99. The van der Waals surface area contributed by atoms with Crippen LogP contribution in [0.3, 0.4) is 0 Å². The molecule has 0 amide bonds. The maximum absolute atomic E-state index is 6.19. The minimum absolute atomic E-state index is 0.0967. The van der Waals surface area contributed by atoms with Crippen LogP contribution in [0.1, 0.15) is 32.0 Å². The lowest BCUT2D eigenvalue weighted by Gasteiger charge is -2.21. The normalized spacial score (nSPS) is 11.8. The van der Waals surface area contributed by atoms with E-state index in [1.165, 1.54) is 0 Å². The summed E-state index contributed by atoms with van der Waals surface area (Å²) in [5.74, 6) is 0. The Morgan fingerprint density at radius 2 is 1.95 bits per heavy atom. The zero-order valence-electron chi connectivity index (χ0n) is 11.7. The van der Waals surface area contributed by atoms with Gasteiger partial charge in [-0.25, -0.2) is 0 Å². The second-order valence-electron chi connectivity index (χ2n) is 5.68. The fourth-order valence-electron chi connectivity index (χ4n) is 1.80. The van der Waals surface area contributed by atoms with Gasteiger partial charge in [-0.3, -0.25) is 4.68 Å². The highest BCUT2D eigenvalue weighted by Crippen LogP contribution is 2.16. The van der Waals surface area contributed by atoms with Crippen molar-refractivity contribution < 1.29 is 0 Å². The van der Waals surface area contributed by atoms with Crippen molar-refractivity contribution in [2.75, 3.05) is 0 Å². The van der Waals surface area contributed by atoms with E-state index >= 15 is 0 Å². The number of aromatic nitrogens is 2. The van der Waals surface area contributed by atoms with E-state index in [2.05, 4.69) is 31.2 Å². The van der Waals surface area contributed by atoms with Gasteiger partial charge in [-0.1, -0.05) is 29.8 Å². The van der Waals surface area contributed by atoms with Crippen LogP contribution in [-0.2, 0) is 13.1 Å². The Morgan fingerprint density at radius 1 is 1.21 bits per heavy atom. The zero-order chi connectivity index (χ0) is 13.9. The van der Waals surface area contributed by atoms with Crippen LogP contribution in [-0.4, -0.2) is 15.3 Å². The van der Waals surface area contributed by atoms with Gasteiger partial charge in [0.25, 0.3) is 0 Å². The molecule has 19 heavy (non-hydrogen) atoms. The molecule has 0 fully saturated rings. The van der Waals surface area contributed by atoms with Crippen LogP contribution in [0.25, 0.3) is 0 Å². The molecule has 0 aliphatic carbocycles. The van der Waals surface area contributed by atoms with Crippen molar-refractivity contribution in [3.8, 4) is 0 Å². The number of nitrogens with one attached hydrogen (secondary N) is 1. The van der Waals surface area contributed by atoms with E-state index in [0.717, 1.165) is 22.8 Å². The number of halogens is 1. The van der Waals surface area contributed by atoms with Crippen LogP contribution in [0, 0.1) is 0 Å². The van der Waals surface area contributed by atoms with Gasteiger partial charge < -0.3 is 5.32 Å². The van der Waals surface area contributed by atoms with E-state index in [9.17, 15) is 0 Å². The highest BCUT2D eigenvalue weighted by molar-refractivity contribution is 6.31. The summed E-state index contributed by atoms with van der Waals surface area (Å²) < 4.78 is 1.99. The highest BCUT2D eigenvalue weighted by atomic mass is 35.5. The molecule has 0 bridgehead atoms. The molecule has 0 aliphatic rings. The molecule has 0 saturated carbocycles. The number of rotatable bonds is 4. The van der Waals surface area contributed by atoms with Crippen LogP contribution >= 0.6 is 11.6 Å². The molecule has 4 heteroatoms. The van der Waals surface area contributed by atoms with E-state index < -0.39 is 0 Å². The van der Waals surface area contributed by atoms with Crippen molar-refractivity contribution in [2.45, 2.75) is 39.4 Å². The molecule has 0 unspecified atom stereocenters. The van der Waals surface area contributed by atoms with E-state index in [0.29, 0.717) is 6.54 Å². The van der Waals surface area contributed by atoms with Gasteiger partial charge in [-0.2, -0.15) is 5.10 Å². The zero-order valence-corrected chi connectivity index (χ0v) is 12.4. The maximum Gasteiger partial charge on any atom is 0.0677 e. The molecule has 0 atom stereocenters. The molecular formula is C15H20ClN3. The monoisotopic (exact) mass is 277 g/mol. The fraction of sp³-hybridized carbons (Fsp3) is 0.400. The Hall–Kier alpha value is -1.32. The van der Waals surface area contributed by atoms with Crippen LogP contribution in [0.2, 0.25) is 5.02 Å². The van der Waals surface area contributed by atoms with Gasteiger partial charge in [-0.05, 0) is 38.5 Å². The van der Waals surface area contributed by atoms with Gasteiger partial charge >= 0.3 is 0 Å². The highest BCUT2D eigenvalue weighted by Gasteiger charge is 2.11. The predicted molar refractivity (Wildman–Crippen MR) is 79.4 cm³/mol. The molecule has 1 aromatic heterocycles. The Kier molecular flexibility index (Phi) is 4.27. The largest absolute Gasteiger partial charge is 0.306 e. The Balaban J connectivity index is 2.10. The van der Waals surface area contributed by atoms with Gasteiger partial charge in [0.1, 0.15) is 0 Å². The standard InChI is InChI=1S/C15H20ClN3/c1-15(2,3)17-10-13-8-9-18-19(13)11-12-6-4-5-7-14(12)16/h4-9,17H,10-11H2,1-3H3.